The maximum Gasteiger partial charge on any atom is 0.125 e. The standard InChI is InChI=1S/C15H24OS/c1-11-9-12(7-6-8-17)14(16-5)13(10-11)15(2,3)4/h9-10,17H,6-8H2,1-5H3. The van der Waals surface area contributed by atoms with Crippen molar-refractivity contribution in [3.05, 3.63) is 28.8 Å². The SMILES string of the molecule is COc1c(CCCS)cc(C)cc1C(C)(C)C. The lowest BCUT2D eigenvalue weighted by molar-refractivity contribution is 0.392. The molecule has 1 nitrogen and oxygen atoms in total. The Labute approximate surface area is 111 Å². The van der Waals surface area contributed by atoms with Gasteiger partial charge in [-0.1, -0.05) is 38.5 Å². The average Bonchev–Trinajstić information content (AvgIpc) is 2.24. The molecule has 17 heavy (non-hydrogen) atoms. The maximum absolute atomic E-state index is 5.63. The van der Waals surface area contributed by atoms with Crippen LogP contribution in [-0.2, 0) is 11.8 Å². The molecule has 0 spiro atoms. The van der Waals surface area contributed by atoms with Crippen LogP contribution in [-0.4, -0.2) is 12.9 Å². The lowest BCUT2D eigenvalue weighted by Crippen LogP contribution is -2.14. The summed E-state index contributed by atoms with van der Waals surface area (Å²) in [4.78, 5) is 0. The lowest BCUT2D eigenvalue weighted by atomic mass is 9.83. The van der Waals surface area contributed by atoms with Crippen molar-refractivity contribution in [3.63, 3.8) is 0 Å². The minimum Gasteiger partial charge on any atom is -0.496 e. The van der Waals surface area contributed by atoms with Crippen LogP contribution in [0.15, 0.2) is 12.1 Å². The van der Waals surface area contributed by atoms with Gasteiger partial charge in [0, 0.05) is 5.56 Å². The zero-order valence-electron chi connectivity index (χ0n) is 11.6. The van der Waals surface area contributed by atoms with E-state index in [0.29, 0.717) is 0 Å². The van der Waals surface area contributed by atoms with E-state index in [9.17, 15) is 0 Å². The Bertz CT molecular complexity index is 377. The van der Waals surface area contributed by atoms with Crippen LogP contribution in [0.4, 0.5) is 0 Å². The summed E-state index contributed by atoms with van der Waals surface area (Å²) in [7, 11) is 1.77. The molecule has 0 amide bonds. The van der Waals surface area contributed by atoms with Crippen molar-refractivity contribution in [2.45, 2.75) is 46.0 Å². The van der Waals surface area contributed by atoms with Crippen molar-refractivity contribution in [2.75, 3.05) is 12.9 Å². The van der Waals surface area contributed by atoms with Crippen LogP contribution < -0.4 is 4.74 Å². The van der Waals surface area contributed by atoms with Crippen molar-refractivity contribution in [1.29, 1.82) is 0 Å². The van der Waals surface area contributed by atoms with Gasteiger partial charge in [0.2, 0.25) is 0 Å². The summed E-state index contributed by atoms with van der Waals surface area (Å²) in [5.74, 6) is 1.98. The topological polar surface area (TPSA) is 9.23 Å². The van der Waals surface area contributed by atoms with Gasteiger partial charge in [0.05, 0.1) is 7.11 Å². The Kier molecular flexibility index (Phi) is 4.93. The van der Waals surface area contributed by atoms with Crippen LogP contribution in [0, 0.1) is 6.92 Å². The second-order valence-corrected chi connectivity index (χ2v) is 6.03. The molecule has 1 aromatic rings. The van der Waals surface area contributed by atoms with Gasteiger partial charge in [0.1, 0.15) is 5.75 Å². The monoisotopic (exact) mass is 252 g/mol. The maximum atomic E-state index is 5.63. The number of hydrogen-bond acceptors (Lipinski definition) is 2. The van der Waals surface area contributed by atoms with E-state index in [1.807, 2.05) is 0 Å². The van der Waals surface area contributed by atoms with Crippen LogP contribution in [0.25, 0.3) is 0 Å². The van der Waals surface area contributed by atoms with E-state index in [4.69, 9.17) is 4.74 Å². The number of thiol groups is 1. The fourth-order valence-electron chi connectivity index (χ4n) is 2.10. The van der Waals surface area contributed by atoms with Crippen molar-refractivity contribution < 1.29 is 4.74 Å². The van der Waals surface area contributed by atoms with Crippen LogP contribution >= 0.6 is 12.6 Å². The molecule has 0 aromatic heterocycles. The van der Waals surface area contributed by atoms with Crippen molar-refractivity contribution in [1.82, 2.24) is 0 Å². The Morgan fingerprint density at radius 3 is 2.35 bits per heavy atom. The molecule has 0 fully saturated rings. The first-order valence-corrected chi connectivity index (χ1v) is 6.82. The number of hydrogen-bond donors (Lipinski definition) is 1. The summed E-state index contributed by atoms with van der Waals surface area (Å²) in [6.07, 6.45) is 2.13. The Morgan fingerprint density at radius 1 is 1.24 bits per heavy atom. The summed E-state index contributed by atoms with van der Waals surface area (Å²) in [5, 5.41) is 0. The predicted molar refractivity (Wildman–Crippen MR) is 78.6 cm³/mol. The van der Waals surface area contributed by atoms with Gasteiger partial charge in [-0.15, -0.1) is 0 Å². The normalized spacial score (nSPS) is 11.6. The second kappa shape index (κ2) is 5.81. The molecule has 2 heteroatoms. The number of rotatable bonds is 4. The summed E-state index contributed by atoms with van der Waals surface area (Å²) in [6.45, 7) is 8.84. The molecular formula is C15H24OS. The molecule has 0 heterocycles. The van der Waals surface area contributed by atoms with Crippen molar-refractivity contribution in [3.8, 4) is 5.75 Å². The summed E-state index contributed by atoms with van der Waals surface area (Å²) >= 11 is 4.28. The third kappa shape index (κ3) is 3.67. The Hall–Kier alpha value is -0.630. The van der Waals surface area contributed by atoms with E-state index in [1.54, 1.807) is 7.11 Å². The summed E-state index contributed by atoms with van der Waals surface area (Å²) < 4.78 is 5.63. The van der Waals surface area contributed by atoms with Gasteiger partial charge in [-0.3, -0.25) is 0 Å². The highest BCUT2D eigenvalue weighted by molar-refractivity contribution is 7.80. The largest absolute Gasteiger partial charge is 0.496 e. The number of ether oxygens (including phenoxy) is 1. The molecule has 0 radical (unpaired) electrons. The van der Waals surface area contributed by atoms with Gasteiger partial charge in [0.25, 0.3) is 0 Å². The molecule has 0 saturated carbocycles. The van der Waals surface area contributed by atoms with Crippen LogP contribution in [0.1, 0.15) is 43.9 Å². The van der Waals surface area contributed by atoms with E-state index in [1.165, 1.54) is 16.7 Å². The number of benzene rings is 1. The molecule has 1 aromatic carbocycles. The predicted octanol–water partition coefficient (Wildman–Crippen LogP) is 4.16. The highest BCUT2D eigenvalue weighted by Crippen LogP contribution is 2.35. The smallest absolute Gasteiger partial charge is 0.125 e. The van der Waals surface area contributed by atoms with E-state index >= 15 is 0 Å². The highest BCUT2D eigenvalue weighted by atomic mass is 32.1. The molecule has 0 aliphatic heterocycles. The fraction of sp³-hybridized carbons (Fsp3) is 0.600. The van der Waals surface area contributed by atoms with Crippen LogP contribution in [0.3, 0.4) is 0 Å². The Balaban J connectivity index is 3.25. The van der Waals surface area contributed by atoms with E-state index in [0.717, 1.165) is 24.3 Å². The van der Waals surface area contributed by atoms with Crippen molar-refractivity contribution in [2.24, 2.45) is 0 Å². The second-order valence-electron chi connectivity index (χ2n) is 5.58. The van der Waals surface area contributed by atoms with Gasteiger partial charge < -0.3 is 4.74 Å². The third-order valence-electron chi connectivity index (χ3n) is 2.93. The molecule has 96 valence electrons. The van der Waals surface area contributed by atoms with Gasteiger partial charge in [-0.05, 0) is 36.5 Å². The van der Waals surface area contributed by atoms with E-state index in [-0.39, 0.29) is 5.41 Å². The zero-order valence-corrected chi connectivity index (χ0v) is 12.5. The van der Waals surface area contributed by atoms with Crippen molar-refractivity contribution >= 4 is 12.6 Å². The molecule has 0 unspecified atom stereocenters. The molecule has 0 N–H and O–H groups in total. The van der Waals surface area contributed by atoms with Crippen LogP contribution in [0.2, 0.25) is 0 Å². The molecule has 0 bridgehead atoms. The fourth-order valence-corrected chi connectivity index (χ4v) is 2.26. The number of aryl methyl sites for hydroxylation is 2. The summed E-state index contributed by atoms with van der Waals surface area (Å²) in [6, 6.07) is 4.47. The van der Waals surface area contributed by atoms with Gasteiger partial charge in [-0.25, -0.2) is 0 Å². The molecule has 0 saturated heterocycles. The molecule has 1 rings (SSSR count). The minimum absolute atomic E-state index is 0.118. The van der Waals surface area contributed by atoms with E-state index < -0.39 is 0 Å². The molecule has 0 atom stereocenters. The lowest BCUT2D eigenvalue weighted by Gasteiger charge is -2.25. The number of methoxy groups -OCH3 is 1. The van der Waals surface area contributed by atoms with Gasteiger partial charge in [0.15, 0.2) is 0 Å². The highest BCUT2D eigenvalue weighted by Gasteiger charge is 2.21. The first-order valence-electron chi connectivity index (χ1n) is 6.19. The first-order chi connectivity index (χ1) is 7.90. The van der Waals surface area contributed by atoms with Crippen LogP contribution in [0.5, 0.6) is 5.75 Å². The minimum atomic E-state index is 0.118. The van der Waals surface area contributed by atoms with Gasteiger partial charge >= 0.3 is 0 Å². The Morgan fingerprint density at radius 2 is 1.88 bits per heavy atom. The zero-order chi connectivity index (χ0) is 13.1. The quantitative estimate of drug-likeness (QED) is 0.792. The third-order valence-corrected chi connectivity index (χ3v) is 3.24. The average molecular weight is 252 g/mol. The molecular weight excluding hydrogens is 228 g/mol. The van der Waals surface area contributed by atoms with E-state index in [2.05, 4.69) is 52.5 Å². The first kappa shape index (κ1) is 14.4. The summed E-state index contributed by atoms with van der Waals surface area (Å²) in [5.41, 5.74) is 4.04. The molecule has 0 aliphatic carbocycles. The van der Waals surface area contributed by atoms with Gasteiger partial charge in [-0.2, -0.15) is 12.6 Å². The molecule has 0 aliphatic rings.